The fourth-order valence-electron chi connectivity index (χ4n) is 0.202. The van der Waals surface area contributed by atoms with E-state index >= 15 is 0 Å². The normalized spacial score (nSPS) is 12.8. The first-order chi connectivity index (χ1) is 3.72. The Morgan fingerprint density at radius 1 is 2.00 bits per heavy atom. The molecule has 0 aliphatic heterocycles. The summed E-state index contributed by atoms with van der Waals surface area (Å²) in [6.07, 6.45) is 0. The highest BCUT2D eigenvalue weighted by atomic mass is 79.9. The number of aliphatic hydroxyl groups excluding tert-OH is 1. The fourth-order valence-corrected chi connectivity index (χ4v) is 0.389. The molecule has 0 saturated heterocycles. The Hall–Kier alpha value is -0.0251. The van der Waals surface area contributed by atoms with Gasteiger partial charge in [-0.2, -0.15) is 0 Å². The molecule has 5 heteroatoms. The van der Waals surface area contributed by atoms with Crippen molar-refractivity contribution in [2.75, 3.05) is 6.61 Å². The Bertz CT molecular complexity index is 86.6. The number of hydrogen-bond acceptors (Lipinski definition) is 3. The Kier molecular flexibility index (Phi) is 3.90. The van der Waals surface area contributed by atoms with Crippen molar-refractivity contribution in [1.82, 2.24) is 0 Å². The molecule has 8 heavy (non-hydrogen) atoms. The van der Waals surface area contributed by atoms with E-state index in [4.69, 9.17) is 5.11 Å². The van der Waals surface area contributed by atoms with Crippen molar-refractivity contribution in [1.29, 1.82) is 0 Å². The average molecular weight is 181 g/mol. The summed E-state index contributed by atoms with van der Waals surface area (Å²) in [5, 5.41) is 8.29. The van der Waals surface area contributed by atoms with Crippen LogP contribution in [0.25, 0.3) is 0 Å². The highest BCUT2D eigenvalue weighted by molar-refractivity contribution is 9.10. The Morgan fingerprint density at radius 3 is 2.62 bits per heavy atom. The van der Waals surface area contributed by atoms with Crippen LogP contribution in [0.3, 0.4) is 0 Å². The van der Waals surface area contributed by atoms with Crippen molar-refractivity contribution in [2.24, 2.45) is 0 Å². The van der Waals surface area contributed by atoms with E-state index in [0.717, 1.165) is 0 Å². The lowest BCUT2D eigenvalue weighted by Gasteiger charge is -2.01. The van der Waals surface area contributed by atoms with Gasteiger partial charge in [-0.15, -0.1) is 0 Å². The Labute approximate surface area is 56.6 Å². The molecule has 0 unspecified atom stereocenters. The molecule has 0 heterocycles. The molecule has 0 fully saturated rings. The van der Waals surface area contributed by atoms with Crippen LogP contribution in [-0.4, -0.2) is 30.6 Å². The second kappa shape index (κ2) is 3.92. The van der Waals surface area contributed by atoms with Gasteiger partial charge in [0.1, 0.15) is 4.83 Å². The maximum absolute atomic E-state index is 10.3. The summed E-state index contributed by atoms with van der Waals surface area (Å²) < 4.78 is 4.26. The molecule has 0 rings (SSSR count). The fraction of sp³-hybridized carbons (Fsp3) is 0.667. The van der Waals surface area contributed by atoms with E-state index < -0.39 is 10.8 Å². The molecular formula is C3H6BBrO3. The van der Waals surface area contributed by atoms with Crippen molar-refractivity contribution < 1.29 is 14.6 Å². The first kappa shape index (κ1) is 7.97. The maximum atomic E-state index is 10.3. The number of alkyl halides is 1. The van der Waals surface area contributed by atoms with Crippen LogP contribution in [0.4, 0.5) is 0 Å². The molecule has 0 aromatic rings. The summed E-state index contributed by atoms with van der Waals surface area (Å²) >= 11 is 2.88. The molecule has 0 radical (unpaired) electrons. The smallest absolute Gasteiger partial charge is 0.326 e. The van der Waals surface area contributed by atoms with E-state index in [1.54, 1.807) is 0 Å². The van der Waals surface area contributed by atoms with Gasteiger partial charge in [0, 0.05) is 0 Å². The van der Waals surface area contributed by atoms with Gasteiger partial charge in [-0.25, -0.2) is 0 Å². The van der Waals surface area contributed by atoms with Gasteiger partial charge in [-0.05, 0) is 0 Å². The third-order valence-corrected chi connectivity index (χ3v) is 1.28. The molecule has 0 aromatic carbocycles. The number of halogens is 1. The summed E-state index contributed by atoms with van der Waals surface area (Å²) in [7, 11) is 1.27. The minimum absolute atomic E-state index is 0.229. The lowest BCUT2D eigenvalue weighted by Crippen LogP contribution is -2.19. The summed E-state index contributed by atoms with van der Waals surface area (Å²) in [6, 6.07) is 0. The highest BCUT2D eigenvalue weighted by Gasteiger charge is 2.11. The van der Waals surface area contributed by atoms with Crippen LogP contribution in [0.15, 0.2) is 0 Å². The molecule has 1 N–H and O–H groups in total. The lowest BCUT2D eigenvalue weighted by molar-refractivity contribution is -0.133. The predicted octanol–water partition coefficient (Wildman–Crippen LogP) is -1.17. The molecule has 0 aliphatic carbocycles. The van der Waals surface area contributed by atoms with Gasteiger partial charge in [0.2, 0.25) is 0 Å². The number of aliphatic hydroxyl groups is 1. The third-order valence-electron chi connectivity index (χ3n) is 0.617. The summed E-state index contributed by atoms with van der Waals surface area (Å²) in [6.45, 7) is -0.229. The zero-order chi connectivity index (χ0) is 6.57. The van der Waals surface area contributed by atoms with Crippen molar-refractivity contribution in [3.63, 3.8) is 0 Å². The predicted molar refractivity (Wildman–Crippen MR) is 34.4 cm³/mol. The minimum Gasteiger partial charge on any atom is -0.543 e. The van der Waals surface area contributed by atoms with Crippen LogP contribution < -0.4 is 0 Å². The second-order valence-electron chi connectivity index (χ2n) is 1.17. The second-order valence-corrected chi connectivity index (χ2v) is 2.28. The van der Waals surface area contributed by atoms with Gasteiger partial charge < -0.3 is 9.76 Å². The summed E-state index contributed by atoms with van der Waals surface area (Å²) in [5.41, 5.74) is 0. The molecule has 0 aliphatic rings. The van der Waals surface area contributed by atoms with Crippen LogP contribution in [0.1, 0.15) is 0 Å². The standard InChI is InChI=1S/C3H6BBrO3/c4-8-3(7)2(5)1-6/h2,6H,1,4H2/t2-/m0/s1. The van der Waals surface area contributed by atoms with E-state index in [1.165, 1.54) is 8.05 Å². The topological polar surface area (TPSA) is 46.5 Å². The van der Waals surface area contributed by atoms with E-state index in [0.29, 0.717) is 0 Å². The first-order valence-corrected chi connectivity index (χ1v) is 2.96. The molecule has 3 nitrogen and oxygen atoms in total. The van der Waals surface area contributed by atoms with Gasteiger partial charge in [0.05, 0.1) is 6.61 Å². The van der Waals surface area contributed by atoms with E-state index in [1.807, 2.05) is 0 Å². The van der Waals surface area contributed by atoms with Crippen LogP contribution >= 0.6 is 15.9 Å². The van der Waals surface area contributed by atoms with E-state index in [9.17, 15) is 4.79 Å². The quantitative estimate of drug-likeness (QED) is 0.431. The SMILES string of the molecule is BOC(=O)[C@@H](Br)CO. The largest absolute Gasteiger partial charge is 0.543 e. The van der Waals surface area contributed by atoms with Gasteiger partial charge in [-0.3, -0.25) is 4.79 Å². The summed E-state index contributed by atoms with van der Waals surface area (Å²) in [5.74, 6) is -0.451. The highest BCUT2D eigenvalue weighted by Crippen LogP contribution is 1.98. The van der Waals surface area contributed by atoms with Crippen LogP contribution in [0.5, 0.6) is 0 Å². The van der Waals surface area contributed by atoms with Crippen molar-refractivity contribution in [3.05, 3.63) is 0 Å². The maximum Gasteiger partial charge on any atom is 0.326 e. The van der Waals surface area contributed by atoms with E-state index in [2.05, 4.69) is 20.6 Å². The molecule has 0 bridgehead atoms. The number of carbonyl (C=O) groups is 1. The molecule has 1 atom stereocenters. The Morgan fingerprint density at radius 2 is 2.50 bits per heavy atom. The van der Waals surface area contributed by atoms with Gasteiger partial charge >= 0.3 is 14.0 Å². The zero-order valence-corrected chi connectivity index (χ0v) is 6.01. The van der Waals surface area contributed by atoms with Gasteiger partial charge in [-0.1, -0.05) is 15.9 Å². The van der Waals surface area contributed by atoms with Gasteiger partial charge in [0.15, 0.2) is 0 Å². The zero-order valence-electron chi connectivity index (χ0n) is 4.43. The number of hydrogen-bond donors (Lipinski definition) is 1. The molecule has 46 valence electrons. The van der Waals surface area contributed by atoms with E-state index in [-0.39, 0.29) is 6.61 Å². The molecule has 0 saturated carbocycles. The minimum atomic E-state index is -0.576. The first-order valence-electron chi connectivity index (χ1n) is 2.05. The van der Waals surface area contributed by atoms with Crippen molar-refractivity contribution in [3.8, 4) is 0 Å². The molecule has 0 aromatic heterocycles. The van der Waals surface area contributed by atoms with Crippen LogP contribution in [-0.2, 0) is 9.45 Å². The molecular weight excluding hydrogens is 175 g/mol. The lowest BCUT2D eigenvalue weighted by atomic mass is 10.4. The van der Waals surface area contributed by atoms with Crippen LogP contribution in [0, 0.1) is 0 Å². The molecule has 0 amide bonds. The monoisotopic (exact) mass is 180 g/mol. The van der Waals surface area contributed by atoms with Crippen molar-refractivity contribution >= 4 is 29.9 Å². The number of carbonyl (C=O) groups excluding carboxylic acids is 1. The van der Waals surface area contributed by atoms with Crippen LogP contribution in [0.2, 0.25) is 0 Å². The Balaban J connectivity index is 3.46. The van der Waals surface area contributed by atoms with Gasteiger partial charge in [0.25, 0.3) is 0 Å². The molecule has 0 spiro atoms. The number of rotatable bonds is 2. The third kappa shape index (κ3) is 2.33. The summed E-state index contributed by atoms with van der Waals surface area (Å²) in [4.78, 5) is 9.74. The average Bonchev–Trinajstić information content (AvgIpc) is 1.84. The van der Waals surface area contributed by atoms with Crippen molar-refractivity contribution in [2.45, 2.75) is 4.83 Å².